The molecule has 2 rings (SSSR count). The minimum absolute atomic E-state index is 0.240. The summed E-state index contributed by atoms with van der Waals surface area (Å²) in [4.78, 5) is 1.63. The summed E-state index contributed by atoms with van der Waals surface area (Å²) in [7, 11) is 0. The van der Waals surface area contributed by atoms with Crippen molar-refractivity contribution >= 4 is 11.3 Å². The van der Waals surface area contributed by atoms with Gasteiger partial charge in [-0.1, -0.05) is 12.1 Å². The zero-order valence-electron chi connectivity index (χ0n) is 10.5. The Hall–Kier alpha value is -1.33. The van der Waals surface area contributed by atoms with Crippen molar-refractivity contribution in [3.05, 3.63) is 57.3 Å². The third-order valence-electron chi connectivity index (χ3n) is 2.97. The van der Waals surface area contributed by atoms with Crippen molar-refractivity contribution in [2.45, 2.75) is 25.6 Å². The van der Waals surface area contributed by atoms with Crippen molar-refractivity contribution in [1.82, 2.24) is 0 Å². The molecule has 0 aliphatic rings. The number of hydrogen-bond donors (Lipinski definition) is 1. The molecule has 19 heavy (non-hydrogen) atoms. The van der Waals surface area contributed by atoms with Crippen molar-refractivity contribution in [2.75, 3.05) is 0 Å². The third-order valence-corrected chi connectivity index (χ3v) is 4.18. The number of aryl methyl sites for hydroxylation is 1. The zero-order valence-corrected chi connectivity index (χ0v) is 11.3. The summed E-state index contributed by atoms with van der Waals surface area (Å²) in [6.07, 6.45) is -4.41. The van der Waals surface area contributed by atoms with Crippen LogP contribution in [0.4, 0.5) is 13.2 Å². The van der Waals surface area contributed by atoms with E-state index in [1.807, 2.05) is 13.0 Å². The average Bonchev–Trinajstić information content (AvgIpc) is 2.76. The molecule has 1 unspecified atom stereocenters. The van der Waals surface area contributed by atoms with Gasteiger partial charge in [0, 0.05) is 9.75 Å². The van der Waals surface area contributed by atoms with Crippen molar-refractivity contribution in [2.24, 2.45) is 0 Å². The summed E-state index contributed by atoms with van der Waals surface area (Å²) < 4.78 is 38.1. The average molecular weight is 286 g/mol. The highest BCUT2D eigenvalue weighted by Crippen LogP contribution is 2.37. The Morgan fingerprint density at radius 2 is 1.68 bits per heavy atom. The lowest BCUT2D eigenvalue weighted by atomic mass is 9.93. The summed E-state index contributed by atoms with van der Waals surface area (Å²) in [6, 6.07) is 8.38. The Kier molecular flexibility index (Phi) is 3.45. The number of benzene rings is 1. The lowest BCUT2D eigenvalue weighted by Gasteiger charge is -2.23. The molecule has 2 aromatic rings. The van der Waals surface area contributed by atoms with E-state index in [-0.39, 0.29) is 5.56 Å². The molecule has 102 valence electrons. The molecule has 1 aromatic heterocycles. The van der Waals surface area contributed by atoms with Gasteiger partial charge in [-0.05, 0) is 43.7 Å². The van der Waals surface area contributed by atoms with E-state index in [1.165, 1.54) is 30.4 Å². The minimum atomic E-state index is -4.41. The molecule has 0 saturated heterocycles. The van der Waals surface area contributed by atoms with E-state index in [1.54, 1.807) is 6.07 Å². The van der Waals surface area contributed by atoms with Crippen molar-refractivity contribution in [3.8, 4) is 0 Å². The zero-order chi connectivity index (χ0) is 14.3. The van der Waals surface area contributed by atoms with Crippen LogP contribution in [0, 0.1) is 6.92 Å². The lowest BCUT2D eigenvalue weighted by molar-refractivity contribution is -0.137. The highest BCUT2D eigenvalue weighted by molar-refractivity contribution is 7.12. The van der Waals surface area contributed by atoms with Crippen LogP contribution in [-0.2, 0) is 11.8 Å². The van der Waals surface area contributed by atoms with Gasteiger partial charge in [-0.3, -0.25) is 0 Å². The van der Waals surface area contributed by atoms with Gasteiger partial charge in [0.05, 0.1) is 5.56 Å². The molecular formula is C14H13F3OS. The SMILES string of the molecule is Cc1ccc(C(C)(O)c2cccc(C(F)(F)F)c2)s1. The normalized spacial score (nSPS) is 15.3. The van der Waals surface area contributed by atoms with Crippen LogP contribution in [0.25, 0.3) is 0 Å². The second-order valence-electron chi connectivity index (χ2n) is 4.56. The first-order valence-electron chi connectivity index (χ1n) is 5.68. The minimum Gasteiger partial charge on any atom is -0.380 e. The van der Waals surface area contributed by atoms with Crippen LogP contribution in [0.2, 0.25) is 0 Å². The molecule has 1 aromatic carbocycles. The number of aliphatic hydroxyl groups is 1. The van der Waals surface area contributed by atoms with E-state index < -0.39 is 17.3 Å². The van der Waals surface area contributed by atoms with Crippen LogP contribution in [0.1, 0.15) is 27.8 Å². The van der Waals surface area contributed by atoms with E-state index in [0.29, 0.717) is 4.88 Å². The summed E-state index contributed by atoms with van der Waals surface area (Å²) in [6.45, 7) is 3.39. The van der Waals surface area contributed by atoms with Crippen molar-refractivity contribution in [1.29, 1.82) is 0 Å². The second kappa shape index (κ2) is 4.65. The third kappa shape index (κ3) is 2.82. The first-order valence-corrected chi connectivity index (χ1v) is 6.50. The molecule has 1 atom stereocenters. The van der Waals surface area contributed by atoms with E-state index in [4.69, 9.17) is 0 Å². The highest BCUT2D eigenvalue weighted by Gasteiger charge is 2.33. The Morgan fingerprint density at radius 1 is 1.05 bits per heavy atom. The fourth-order valence-electron chi connectivity index (χ4n) is 1.84. The van der Waals surface area contributed by atoms with Crippen LogP contribution in [0.3, 0.4) is 0 Å². The smallest absolute Gasteiger partial charge is 0.380 e. The van der Waals surface area contributed by atoms with Gasteiger partial charge < -0.3 is 5.11 Å². The van der Waals surface area contributed by atoms with Crippen molar-refractivity contribution in [3.63, 3.8) is 0 Å². The first kappa shape index (κ1) is 14.1. The van der Waals surface area contributed by atoms with Crippen molar-refractivity contribution < 1.29 is 18.3 Å². The topological polar surface area (TPSA) is 20.2 Å². The van der Waals surface area contributed by atoms with Gasteiger partial charge in [-0.15, -0.1) is 11.3 Å². The largest absolute Gasteiger partial charge is 0.416 e. The molecule has 0 saturated carbocycles. The molecule has 5 heteroatoms. The molecule has 0 bridgehead atoms. The van der Waals surface area contributed by atoms with Crippen LogP contribution < -0.4 is 0 Å². The van der Waals surface area contributed by atoms with Crippen LogP contribution in [-0.4, -0.2) is 5.11 Å². The molecule has 1 heterocycles. The highest BCUT2D eigenvalue weighted by atomic mass is 32.1. The van der Waals surface area contributed by atoms with Gasteiger partial charge in [0.1, 0.15) is 5.60 Å². The van der Waals surface area contributed by atoms with E-state index in [2.05, 4.69) is 0 Å². The maximum atomic E-state index is 12.7. The van der Waals surface area contributed by atoms with E-state index in [0.717, 1.165) is 17.0 Å². The molecule has 0 fully saturated rings. The molecule has 0 aliphatic carbocycles. The number of alkyl halides is 3. The number of hydrogen-bond acceptors (Lipinski definition) is 2. The predicted octanol–water partition coefficient (Wildman–Crippen LogP) is 4.33. The van der Waals surface area contributed by atoms with Crippen LogP contribution >= 0.6 is 11.3 Å². The Bertz CT molecular complexity index is 584. The Morgan fingerprint density at radius 3 is 2.21 bits per heavy atom. The fraction of sp³-hybridized carbons (Fsp3) is 0.286. The lowest BCUT2D eigenvalue weighted by Crippen LogP contribution is -2.22. The Balaban J connectivity index is 2.46. The maximum absolute atomic E-state index is 12.7. The quantitative estimate of drug-likeness (QED) is 0.871. The van der Waals surface area contributed by atoms with Gasteiger partial charge in [0.15, 0.2) is 0 Å². The predicted molar refractivity (Wildman–Crippen MR) is 69.2 cm³/mol. The monoisotopic (exact) mass is 286 g/mol. The summed E-state index contributed by atoms with van der Waals surface area (Å²) in [5.74, 6) is 0. The number of rotatable bonds is 2. The van der Waals surface area contributed by atoms with Crippen LogP contribution in [0.5, 0.6) is 0 Å². The summed E-state index contributed by atoms with van der Waals surface area (Å²) in [5, 5.41) is 10.5. The maximum Gasteiger partial charge on any atom is 0.416 e. The van der Waals surface area contributed by atoms with Gasteiger partial charge in [-0.2, -0.15) is 13.2 Å². The summed E-state index contributed by atoms with van der Waals surface area (Å²) >= 11 is 1.37. The standard InChI is InChI=1S/C14H13F3OS/c1-9-6-7-12(19-9)13(2,18)10-4-3-5-11(8-10)14(15,16)17/h3-8,18H,1-2H3. The second-order valence-corrected chi connectivity index (χ2v) is 5.85. The first-order chi connectivity index (χ1) is 8.71. The molecule has 0 spiro atoms. The van der Waals surface area contributed by atoms with Gasteiger partial charge in [-0.25, -0.2) is 0 Å². The molecule has 1 N–H and O–H groups in total. The van der Waals surface area contributed by atoms with Gasteiger partial charge in [0.25, 0.3) is 0 Å². The van der Waals surface area contributed by atoms with E-state index in [9.17, 15) is 18.3 Å². The molecular weight excluding hydrogens is 273 g/mol. The molecule has 0 amide bonds. The molecule has 1 nitrogen and oxygen atoms in total. The van der Waals surface area contributed by atoms with Crippen LogP contribution in [0.15, 0.2) is 36.4 Å². The van der Waals surface area contributed by atoms with Gasteiger partial charge >= 0.3 is 6.18 Å². The number of thiophene rings is 1. The van der Waals surface area contributed by atoms with Gasteiger partial charge in [0.2, 0.25) is 0 Å². The molecule has 0 radical (unpaired) electrons. The summed E-state index contributed by atoms with van der Waals surface area (Å²) in [5.41, 5.74) is -1.93. The fourth-order valence-corrected chi connectivity index (χ4v) is 2.77. The number of halogens is 3. The van der Waals surface area contributed by atoms with E-state index >= 15 is 0 Å². The Labute approximate surface area is 113 Å². The molecule has 0 aliphatic heterocycles.